The van der Waals surface area contributed by atoms with Crippen LogP contribution >= 0.6 is 0 Å². The summed E-state index contributed by atoms with van der Waals surface area (Å²) in [7, 11) is 0. The largest absolute Gasteiger partial charge is 0.282 e. The van der Waals surface area contributed by atoms with Crippen LogP contribution in [0.1, 0.15) is 44.4 Å². The molecule has 1 aliphatic carbocycles. The van der Waals surface area contributed by atoms with Crippen LogP contribution in [0.25, 0.3) is 0 Å². The SMILES string of the molecule is CC.CC1CCc2cn[nH]c21. The van der Waals surface area contributed by atoms with Gasteiger partial charge in [0.15, 0.2) is 0 Å². The van der Waals surface area contributed by atoms with E-state index in [4.69, 9.17) is 0 Å². The average molecular weight is 152 g/mol. The number of aromatic amines is 1. The molecular weight excluding hydrogens is 136 g/mol. The molecule has 0 amide bonds. The lowest BCUT2D eigenvalue weighted by Gasteiger charge is -1.96. The fraction of sp³-hybridized carbons (Fsp3) is 0.667. The monoisotopic (exact) mass is 152 g/mol. The van der Waals surface area contributed by atoms with Crippen molar-refractivity contribution in [2.75, 3.05) is 0 Å². The Labute approximate surface area is 68.0 Å². The number of hydrogen-bond donors (Lipinski definition) is 1. The minimum absolute atomic E-state index is 0.711. The first-order chi connectivity index (χ1) is 5.38. The normalized spacial score (nSPS) is 20.5. The van der Waals surface area contributed by atoms with Crippen LogP contribution in [0.4, 0.5) is 0 Å². The maximum absolute atomic E-state index is 3.97. The third-order valence-electron chi connectivity index (χ3n) is 2.09. The van der Waals surface area contributed by atoms with E-state index >= 15 is 0 Å². The zero-order chi connectivity index (χ0) is 8.27. The summed E-state index contributed by atoms with van der Waals surface area (Å²) in [6.45, 7) is 6.24. The second-order valence-corrected chi connectivity index (χ2v) is 2.75. The molecule has 0 saturated heterocycles. The van der Waals surface area contributed by atoms with E-state index in [9.17, 15) is 0 Å². The summed E-state index contributed by atoms with van der Waals surface area (Å²) in [5, 5.41) is 6.99. The molecule has 2 nitrogen and oxygen atoms in total. The van der Waals surface area contributed by atoms with Crippen LogP contribution in [0.3, 0.4) is 0 Å². The second-order valence-electron chi connectivity index (χ2n) is 2.75. The molecule has 1 atom stereocenters. The van der Waals surface area contributed by atoms with Gasteiger partial charge >= 0.3 is 0 Å². The molecule has 1 heterocycles. The van der Waals surface area contributed by atoms with Gasteiger partial charge in [0, 0.05) is 5.69 Å². The van der Waals surface area contributed by atoms with E-state index in [0.717, 1.165) is 0 Å². The minimum Gasteiger partial charge on any atom is -0.282 e. The fourth-order valence-corrected chi connectivity index (χ4v) is 1.46. The van der Waals surface area contributed by atoms with E-state index in [1.54, 1.807) is 0 Å². The van der Waals surface area contributed by atoms with E-state index in [1.165, 1.54) is 24.1 Å². The summed E-state index contributed by atoms with van der Waals surface area (Å²) in [5.74, 6) is 0.711. The standard InChI is InChI=1S/C7H10N2.C2H6/c1-5-2-3-6-4-8-9-7(5)6;1-2/h4-5H,2-3H2,1H3,(H,8,9);1-2H3. The highest BCUT2D eigenvalue weighted by Gasteiger charge is 2.19. The van der Waals surface area contributed by atoms with Gasteiger partial charge in [-0.1, -0.05) is 20.8 Å². The maximum Gasteiger partial charge on any atom is 0.0522 e. The highest BCUT2D eigenvalue weighted by Crippen LogP contribution is 2.29. The van der Waals surface area contributed by atoms with Gasteiger partial charge in [0.25, 0.3) is 0 Å². The van der Waals surface area contributed by atoms with Crippen LogP contribution < -0.4 is 0 Å². The number of aromatic nitrogens is 2. The molecule has 0 fully saturated rings. The lowest BCUT2D eigenvalue weighted by Crippen LogP contribution is -1.86. The van der Waals surface area contributed by atoms with E-state index in [1.807, 2.05) is 20.0 Å². The minimum atomic E-state index is 0.711. The summed E-state index contributed by atoms with van der Waals surface area (Å²) in [5.41, 5.74) is 2.78. The molecule has 1 aromatic rings. The summed E-state index contributed by atoms with van der Waals surface area (Å²) in [6.07, 6.45) is 4.45. The van der Waals surface area contributed by atoms with Crippen molar-refractivity contribution in [3.8, 4) is 0 Å². The van der Waals surface area contributed by atoms with Crippen molar-refractivity contribution in [1.29, 1.82) is 0 Å². The van der Waals surface area contributed by atoms with Gasteiger partial charge in [0.2, 0.25) is 0 Å². The molecule has 1 N–H and O–H groups in total. The van der Waals surface area contributed by atoms with Crippen molar-refractivity contribution in [3.63, 3.8) is 0 Å². The molecule has 1 aliphatic rings. The van der Waals surface area contributed by atoms with Crippen LogP contribution in [0.2, 0.25) is 0 Å². The van der Waals surface area contributed by atoms with E-state index in [0.29, 0.717) is 5.92 Å². The smallest absolute Gasteiger partial charge is 0.0522 e. The van der Waals surface area contributed by atoms with Crippen LogP contribution in [0, 0.1) is 0 Å². The highest BCUT2D eigenvalue weighted by atomic mass is 15.1. The predicted octanol–water partition coefficient (Wildman–Crippen LogP) is 2.49. The summed E-state index contributed by atoms with van der Waals surface area (Å²) < 4.78 is 0. The molecule has 0 bridgehead atoms. The Hall–Kier alpha value is -0.790. The third kappa shape index (κ3) is 1.44. The van der Waals surface area contributed by atoms with Crippen molar-refractivity contribution in [3.05, 3.63) is 17.5 Å². The number of rotatable bonds is 0. The predicted molar refractivity (Wildman–Crippen MR) is 46.7 cm³/mol. The number of aryl methyl sites for hydroxylation is 1. The van der Waals surface area contributed by atoms with Crippen molar-refractivity contribution < 1.29 is 0 Å². The van der Waals surface area contributed by atoms with E-state index in [-0.39, 0.29) is 0 Å². The van der Waals surface area contributed by atoms with Crippen molar-refractivity contribution >= 4 is 0 Å². The average Bonchev–Trinajstić information content (AvgIpc) is 2.60. The Morgan fingerprint density at radius 2 is 2.27 bits per heavy atom. The topological polar surface area (TPSA) is 28.7 Å². The Balaban J connectivity index is 0.000000281. The number of hydrogen-bond acceptors (Lipinski definition) is 1. The Morgan fingerprint density at radius 1 is 1.55 bits per heavy atom. The van der Waals surface area contributed by atoms with Gasteiger partial charge in [0.05, 0.1) is 6.20 Å². The van der Waals surface area contributed by atoms with Gasteiger partial charge in [-0.3, -0.25) is 5.10 Å². The van der Waals surface area contributed by atoms with Gasteiger partial charge in [-0.2, -0.15) is 5.10 Å². The Morgan fingerprint density at radius 3 is 2.91 bits per heavy atom. The first-order valence-corrected chi connectivity index (χ1v) is 4.40. The van der Waals surface area contributed by atoms with Gasteiger partial charge in [-0.05, 0) is 24.3 Å². The lowest BCUT2D eigenvalue weighted by molar-refractivity contribution is 0.715. The summed E-state index contributed by atoms with van der Waals surface area (Å²) >= 11 is 0. The molecule has 1 aromatic heterocycles. The molecule has 1 unspecified atom stereocenters. The summed E-state index contributed by atoms with van der Waals surface area (Å²) in [4.78, 5) is 0. The molecule has 0 saturated carbocycles. The fourth-order valence-electron chi connectivity index (χ4n) is 1.46. The maximum atomic E-state index is 3.97. The van der Waals surface area contributed by atoms with Crippen molar-refractivity contribution in [1.82, 2.24) is 10.2 Å². The molecule has 11 heavy (non-hydrogen) atoms. The van der Waals surface area contributed by atoms with Crippen LogP contribution in [-0.2, 0) is 6.42 Å². The van der Waals surface area contributed by atoms with Crippen molar-refractivity contribution in [2.24, 2.45) is 0 Å². The van der Waals surface area contributed by atoms with Gasteiger partial charge in [0.1, 0.15) is 0 Å². The Bertz CT molecular complexity index is 215. The number of nitrogens with one attached hydrogen (secondary N) is 1. The van der Waals surface area contributed by atoms with Crippen LogP contribution in [0.5, 0.6) is 0 Å². The van der Waals surface area contributed by atoms with Crippen LogP contribution in [0.15, 0.2) is 6.20 Å². The van der Waals surface area contributed by atoms with Gasteiger partial charge < -0.3 is 0 Å². The quantitative estimate of drug-likeness (QED) is 0.608. The Kier molecular flexibility index (Phi) is 2.69. The molecular formula is C9H16N2. The lowest BCUT2D eigenvalue weighted by atomic mass is 10.1. The molecule has 0 spiro atoms. The molecule has 0 aliphatic heterocycles. The number of H-pyrrole nitrogens is 1. The molecule has 2 rings (SSSR count). The third-order valence-corrected chi connectivity index (χ3v) is 2.09. The van der Waals surface area contributed by atoms with Crippen molar-refractivity contribution in [2.45, 2.75) is 39.5 Å². The molecule has 62 valence electrons. The summed E-state index contributed by atoms with van der Waals surface area (Å²) in [6, 6.07) is 0. The highest BCUT2D eigenvalue weighted by molar-refractivity contribution is 5.25. The van der Waals surface area contributed by atoms with Gasteiger partial charge in [-0.25, -0.2) is 0 Å². The number of nitrogens with zero attached hydrogens (tertiary/aromatic N) is 1. The second kappa shape index (κ2) is 3.56. The van der Waals surface area contributed by atoms with Crippen LogP contribution in [-0.4, -0.2) is 10.2 Å². The number of fused-ring (bicyclic) bond motifs is 1. The molecule has 0 aromatic carbocycles. The van der Waals surface area contributed by atoms with E-state index < -0.39 is 0 Å². The first-order valence-electron chi connectivity index (χ1n) is 4.40. The zero-order valence-corrected chi connectivity index (χ0v) is 7.52. The van der Waals surface area contributed by atoms with E-state index in [2.05, 4.69) is 17.1 Å². The van der Waals surface area contributed by atoms with Gasteiger partial charge in [-0.15, -0.1) is 0 Å². The molecule has 2 heteroatoms. The zero-order valence-electron chi connectivity index (χ0n) is 7.52. The molecule has 0 radical (unpaired) electrons. The first kappa shape index (κ1) is 8.31.